The Balaban J connectivity index is 1.50. The quantitative estimate of drug-likeness (QED) is 0.392. The standard InChI is InChI=1S/C20H28N6O4S3/c1-4-14(16-7-6-13(3)30-16)21-18-19(24-32-23-18)22-15-12-31-20(17(15)27)33(28,29)26-10-8-25(5-2)9-11-26/h6-7,12,14,27H,4-5,8-11H2,1-3H3,(H,21,23)(H,22,24)/t14-/m1/s1. The van der Waals surface area contributed by atoms with E-state index in [1.165, 1.54) is 4.31 Å². The van der Waals surface area contributed by atoms with E-state index in [0.29, 0.717) is 37.8 Å². The molecule has 3 aromatic heterocycles. The molecule has 0 saturated carbocycles. The number of anilines is 3. The zero-order valence-corrected chi connectivity index (χ0v) is 21.2. The van der Waals surface area contributed by atoms with E-state index in [0.717, 1.165) is 47.6 Å². The molecule has 0 unspecified atom stereocenters. The van der Waals surface area contributed by atoms with E-state index in [1.54, 1.807) is 5.38 Å². The van der Waals surface area contributed by atoms with Gasteiger partial charge in [0.25, 0.3) is 10.0 Å². The largest absolute Gasteiger partial charge is 0.504 e. The number of nitrogens with zero attached hydrogens (tertiary/aromatic N) is 4. The van der Waals surface area contributed by atoms with E-state index in [1.807, 2.05) is 26.0 Å². The Bertz CT molecular complexity index is 1180. The average Bonchev–Trinajstić information content (AvgIpc) is 3.53. The molecular formula is C20H28N6O4S3. The van der Waals surface area contributed by atoms with Gasteiger partial charge in [-0.25, -0.2) is 8.42 Å². The molecule has 1 fully saturated rings. The van der Waals surface area contributed by atoms with E-state index in [4.69, 9.17) is 4.42 Å². The molecule has 1 saturated heterocycles. The van der Waals surface area contributed by atoms with E-state index in [9.17, 15) is 13.5 Å². The van der Waals surface area contributed by atoms with Crippen LogP contribution >= 0.6 is 23.1 Å². The third kappa shape index (κ3) is 5.01. The second-order valence-corrected chi connectivity index (χ2v) is 11.3. The SMILES string of the molecule is CC[C@@H](Nc1nsnc1Nc1csc(S(=O)(=O)N2CCN(CC)CC2)c1O)c1ccc(C)o1. The number of hydrogen-bond acceptors (Lipinski definition) is 11. The maximum atomic E-state index is 13.1. The second-order valence-electron chi connectivity index (χ2n) is 7.76. The van der Waals surface area contributed by atoms with Crippen LogP contribution in [0.5, 0.6) is 5.75 Å². The minimum absolute atomic E-state index is 0.0647. The van der Waals surface area contributed by atoms with Crippen molar-refractivity contribution in [1.29, 1.82) is 0 Å². The molecule has 0 bridgehead atoms. The minimum Gasteiger partial charge on any atom is -0.504 e. The Kier molecular flexibility index (Phi) is 7.24. The number of sulfonamides is 1. The molecule has 0 amide bonds. The summed E-state index contributed by atoms with van der Waals surface area (Å²) in [6.07, 6.45) is 0.765. The first-order valence-corrected chi connectivity index (χ1v) is 13.8. The summed E-state index contributed by atoms with van der Waals surface area (Å²) in [6, 6.07) is 3.73. The Hall–Kier alpha value is -2.19. The zero-order valence-electron chi connectivity index (χ0n) is 18.7. The Labute approximate surface area is 201 Å². The first-order chi connectivity index (χ1) is 15.8. The molecule has 3 aromatic rings. The smallest absolute Gasteiger partial charge is 0.256 e. The third-order valence-electron chi connectivity index (χ3n) is 5.65. The van der Waals surface area contributed by atoms with Crippen molar-refractivity contribution in [2.24, 2.45) is 0 Å². The molecule has 1 aliphatic heterocycles. The van der Waals surface area contributed by atoms with Crippen LogP contribution in [-0.2, 0) is 10.0 Å². The summed E-state index contributed by atoms with van der Waals surface area (Å²) in [5.74, 6) is 2.24. The fourth-order valence-electron chi connectivity index (χ4n) is 3.68. The first kappa shape index (κ1) is 24.0. The lowest BCUT2D eigenvalue weighted by atomic mass is 10.2. The number of piperazine rings is 1. The average molecular weight is 513 g/mol. The van der Waals surface area contributed by atoms with Gasteiger partial charge in [-0.2, -0.15) is 13.1 Å². The predicted octanol–water partition coefficient (Wildman–Crippen LogP) is 3.84. The van der Waals surface area contributed by atoms with Crippen molar-refractivity contribution in [3.05, 3.63) is 29.0 Å². The highest BCUT2D eigenvalue weighted by molar-refractivity contribution is 7.91. The van der Waals surface area contributed by atoms with E-state index in [2.05, 4.69) is 31.2 Å². The summed E-state index contributed by atoms with van der Waals surface area (Å²) in [5.41, 5.74) is 0.281. The Morgan fingerprint density at radius 2 is 1.91 bits per heavy atom. The van der Waals surface area contributed by atoms with Crippen LogP contribution in [0.15, 0.2) is 26.1 Å². The summed E-state index contributed by atoms with van der Waals surface area (Å²) < 4.78 is 41.9. The highest BCUT2D eigenvalue weighted by atomic mass is 32.2. The van der Waals surface area contributed by atoms with Gasteiger partial charge in [-0.3, -0.25) is 0 Å². The molecule has 13 heteroatoms. The molecule has 1 atom stereocenters. The number of aromatic hydroxyl groups is 1. The molecule has 0 radical (unpaired) electrons. The molecule has 1 aliphatic rings. The Morgan fingerprint density at radius 3 is 2.55 bits per heavy atom. The van der Waals surface area contributed by atoms with Crippen molar-refractivity contribution in [1.82, 2.24) is 18.0 Å². The minimum atomic E-state index is -3.78. The summed E-state index contributed by atoms with van der Waals surface area (Å²) >= 11 is 2.01. The van der Waals surface area contributed by atoms with Crippen molar-refractivity contribution in [3.63, 3.8) is 0 Å². The highest BCUT2D eigenvalue weighted by Gasteiger charge is 2.33. The number of thiophene rings is 1. The molecule has 3 N–H and O–H groups in total. The summed E-state index contributed by atoms with van der Waals surface area (Å²) in [4.78, 5) is 2.20. The molecular weight excluding hydrogens is 484 g/mol. The predicted molar refractivity (Wildman–Crippen MR) is 130 cm³/mol. The van der Waals surface area contributed by atoms with Crippen molar-refractivity contribution in [2.75, 3.05) is 43.4 Å². The molecule has 10 nitrogen and oxygen atoms in total. The molecule has 0 aliphatic carbocycles. The fraction of sp³-hybridized carbons (Fsp3) is 0.500. The third-order valence-corrected chi connectivity index (χ3v) is 9.57. The molecule has 4 rings (SSSR count). The lowest BCUT2D eigenvalue weighted by Gasteiger charge is -2.32. The van der Waals surface area contributed by atoms with Gasteiger partial charge in [-0.15, -0.1) is 11.3 Å². The number of furan rings is 1. The van der Waals surface area contributed by atoms with Gasteiger partial charge in [0, 0.05) is 31.6 Å². The van der Waals surface area contributed by atoms with Gasteiger partial charge in [-0.1, -0.05) is 13.8 Å². The van der Waals surface area contributed by atoms with Gasteiger partial charge in [0.2, 0.25) is 0 Å². The van der Waals surface area contributed by atoms with Crippen LogP contribution in [0.2, 0.25) is 0 Å². The van der Waals surface area contributed by atoms with Crippen LogP contribution in [0.1, 0.15) is 37.8 Å². The molecule has 180 valence electrons. The van der Waals surface area contributed by atoms with Crippen LogP contribution in [0.3, 0.4) is 0 Å². The van der Waals surface area contributed by atoms with Crippen molar-refractivity contribution in [2.45, 2.75) is 37.4 Å². The topological polar surface area (TPSA) is 124 Å². The zero-order chi connectivity index (χ0) is 23.6. The van der Waals surface area contributed by atoms with Crippen molar-refractivity contribution < 1.29 is 17.9 Å². The first-order valence-electron chi connectivity index (χ1n) is 10.8. The van der Waals surface area contributed by atoms with Crippen molar-refractivity contribution in [3.8, 4) is 5.75 Å². The van der Waals surface area contributed by atoms with Crippen LogP contribution < -0.4 is 10.6 Å². The van der Waals surface area contributed by atoms with E-state index >= 15 is 0 Å². The molecule has 0 aromatic carbocycles. The number of aryl methyl sites for hydroxylation is 1. The fourth-order valence-corrected chi connectivity index (χ4v) is 6.95. The van der Waals surface area contributed by atoms with Gasteiger partial charge < -0.3 is 25.1 Å². The van der Waals surface area contributed by atoms with Crippen LogP contribution in [0, 0.1) is 6.92 Å². The second kappa shape index (κ2) is 9.97. The van der Waals surface area contributed by atoms with Gasteiger partial charge in [0.05, 0.1) is 23.5 Å². The van der Waals surface area contributed by atoms with Gasteiger partial charge in [0.1, 0.15) is 11.5 Å². The van der Waals surface area contributed by atoms with Gasteiger partial charge in [-0.05, 0) is 32.0 Å². The summed E-state index contributed by atoms with van der Waals surface area (Å²) in [6.45, 7) is 9.05. The van der Waals surface area contributed by atoms with E-state index < -0.39 is 10.0 Å². The molecule has 33 heavy (non-hydrogen) atoms. The van der Waals surface area contributed by atoms with E-state index in [-0.39, 0.29) is 21.7 Å². The highest BCUT2D eigenvalue weighted by Crippen LogP contribution is 2.41. The monoisotopic (exact) mass is 512 g/mol. The number of nitrogens with one attached hydrogen (secondary N) is 2. The van der Waals surface area contributed by atoms with Gasteiger partial charge in [0.15, 0.2) is 21.6 Å². The maximum Gasteiger partial charge on any atom is 0.256 e. The number of aromatic nitrogens is 2. The van der Waals surface area contributed by atoms with Crippen LogP contribution in [0.25, 0.3) is 0 Å². The van der Waals surface area contributed by atoms with Crippen LogP contribution in [0.4, 0.5) is 17.3 Å². The van der Waals surface area contributed by atoms with Crippen molar-refractivity contribution >= 4 is 50.4 Å². The van der Waals surface area contributed by atoms with Crippen LogP contribution in [-0.4, -0.2) is 64.2 Å². The summed E-state index contributed by atoms with van der Waals surface area (Å²) in [7, 11) is -3.78. The summed E-state index contributed by atoms with van der Waals surface area (Å²) in [5, 5.41) is 18.7. The number of likely N-dealkylation sites (N-methyl/N-ethyl adjacent to an activating group) is 1. The number of rotatable bonds is 9. The lowest BCUT2D eigenvalue weighted by molar-refractivity contribution is 0.196. The normalized spacial score (nSPS) is 16.7. The molecule has 4 heterocycles. The number of hydrogen-bond donors (Lipinski definition) is 3. The molecule has 0 spiro atoms. The lowest BCUT2D eigenvalue weighted by Crippen LogP contribution is -2.48. The Morgan fingerprint density at radius 1 is 1.18 bits per heavy atom. The van der Waals surface area contributed by atoms with Gasteiger partial charge >= 0.3 is 0 Å². The maximum absolute atomic E-state index is 13.1.